The van der Waals surface area contributed by atoms with Crippen LogP contribution in [0.15, 0.2) is 6.07 Å². The van der Waals surface area contributed by atoms with Gasteiger partial charge in [-0.25, -0.2) is 4.98 Å². The Bertz CT molecular complexity index is 304. The molecule has 0 fully saturated rings. The Morgan fingerprint density at radius 1 is 1.50 bits per heavy atom. The van der Waals surface area contributed by atoms with Crippen LogP contribution in [-0.4, -0.2) is 9.97 Å². The van der Waals surface area contributed by atoms with Crippen molar-refractivity contribution in [1.82, 2.24) is 9.97 Å². The molecular weight excluding hydrogens is 168 g/mol. The van der Waals surface area contributed by atoms with Crippen LogP contribution in [-0.2, 0) is 12.8 Å². The van der Waals surface area contributed by atoms with E-state index >= 15 is 0 Å². The molecule has 1 rings (SSSR count). The molecule has 0 unspecified atom stereocenters. The van der Waals surface area contributed by atoms with Crippen molar-refractivity contribution in [2.45, 2.75) is 33.1 Å². The predicted octanol–water partition coefficient (Wildman–Crippen LogP) is 2.65. The minimum Gasteiger partial charge on any atom is -0.347 e. The van der Waals surface area contributed by atoms with E-state index in [9.17, 15) is 0 Å². The van der Waals surface area contributed by atoms with E-state index in [2.05, 4.69) is 23.8 Å². The van der Waals surface area contributed by atoms with E-state index in [0.717, 1.165) is 25.1 Å². The van der Waals surface area contributed by atoms with E-state index < -0.39 is 0 Å². The lowest BCUT2D eigenvalue weighted by molar-refractivity contribution is 0.830. The van der Waals surface area contributed by atoms with E-state index in [1.165, 1.54) is 5.69 Å². The summed E-state index contributed by atoms with van der Waals surface area (Å²) in [4.78, 5) is 7.45. The standard InChI is InChI=1S/C9H14N2S/c1-3-5-7-6-9(12)11-8(4-2)10-7/h6H,3-5H2,1-2H3,(H,10,11,12). The lowest BCUT2D eigenvalue weighted by Crippen LogP contribution is -1.97. The van der Waals surface area contributed by atoms with Gasteiger partial charge in [0.05, 0.1) is 0 Å². The molecule has 0 saturated heterocycles. The molecule has 1 N–H and O–H groups in total. The first-order chi connectivity index (χ1) is 5.76. The van der Waals surface area contributed by atoms with Crippen LogP contribution in [0.1, 0.15) is 31.8 Å². The number of rotatable bonds is 3. The molecule has 0 spiro atoms. The third-order valence-electron chi connectivity index (χ3n) is 1.70. The number of aromatic amines is 1. The van der Waals surface area contributed by atoms with Crippen molar-refractivity contribution in [3.05, 3.63) is 22.2 Å². The molecular formula is C9H14N2S. The fourth-order valence-electron chi connectivity index (χ4n) is 1.14. The molecule has 1 aromatic rings. The summed E-state index contributed by atoms with van der Waals surface area (Å²) in [6.45, 7) is 4.23. The van der Waals surface area contributed by atoms with Gasteiger partial charge in [-0.05, 0) is 12.5 Å². The average molecular weight is 182 g/mol. The van der Waals surface area contributed by atoms with Gasteiger partial charge >= 0.3 is 0 Å². The molecule has 12 heavy (non-hydrogen) atoms. The van der Waals surface area contributed by atoms with E-state index in [-0.39, 0.29) is 0 Å². The van der Waals surface area contributed by atoms with Gasteiger partial charge in [0.15, 0.2) is 0 Å². The number of H-pyrrole nitrogens is 1. The Kier molecular flexibility index (Phi) is 3.41. The number of nitrogens with zero attached hydrogens (tertiary/aromatic N) is 1. The number of aryl methyl sites for hydroxylation is 2. The highest BCUT2D eigenvalue weighted by Crippen LogP contribution is 2.01. The number of aromatic nitrogens is 2. The molecule has 0 aromatic carbocycles. The van der Waals surface area contributed by atoms with Crippen LogP contribution < -0.4 is 0 Å². The van der Waals surface area contributed by atoms with Gasteiger partial charge in [-0.3, -0.25) is 0 Å². The second-order valence-electron chi connectivity index (χ2n) is 2.79. The molecule has 0 aliphatic heterocycles. The van der Waals surface area contributed by atoms with E-state index in [0.29, 0.717) is 4.64 Å². The summed E-state index contributed by atoms with van der Waals surface area (Å²) in [5.41, 5.74) is 1.20. The van der Waals surface area contributed by atoms with E-state index in [1.807, 2.05) is 6.07 Å². The van der Waals surface area contributed by atoms with Gasteiger partial charge in [0.1, 0.15) is 10.5 Å². The molecule has 1 aromatic heterocycles. The molecule has 0 aliphatic carbocycles. The maximum Gasteiger partial charge on any atom is 0.129 e. The molecule has 0 radical (unpaired) electrons. The smallest absolute Gasteiger partial charge is 0.129 e. The van der Waals surface area contributed by atoms with Gasteiger partial charge in [-0.15, -0.1) is 0 Å². The number of hydrogen-bond donors (Lipinski definition) is 1. The maximum absolute atomic E-state index is 5.04. The largest absolute Gasteiger partial charge is 0.347 e. The highest BCUT2D eigenvalue weighted by Gasteiger charge is 1.95. The Morgan fingerprint density at radius 2 is 2.25 bits per heavy atom. The van der Waals surface area contributed by atoms with Crippen molar-refractivity contribution < 1.29 is 0 Å². The van der Waals surface area contributed by atoms with Crippen LogP contribution in [0.25, 0.3) is 0 Å². The van der Waals surface area contributed by atoms with Crippen molar-refractivity contribution in [2.24, 2.45) is 0 Å². The average Bonchev–Trinajstić information content (AvgIpc) is 2.04. The van der Waals surface area contributed by atoms with Crippen LogP contribution in [0.5, 0.6) is 0 Å². The first kappa shape index (κ1) is 9.39. The molecule has 3 heteroatoms. The van der Waals surface area contributed by atoms with Crippen molar-refractivity contribution in [1.29, 1.82) is 0 Å². The summed E-state index contributed by atoms with van der Waals surface area (Å²) >= 11 is 5.04. The molecule has 0 amide bonds. The fraction of sp³-hybridized carbons (Fsp3) is 0.556. The summed E-state index contributed by atoms with van der Waals surface area (Å²) in [7, 11) is 0. The molecule has 2 nitrogen and oxygen atoms in total. The molecule has 0 atom stereocenters. The molecule has 1 heterocycles. The number of nitrogens with one attached hydrogen (secondary N) is 1. The fourth-order valence-corrected chi connectivity index (χ4v) is 1.39. The lowest BCUT2D eigenvalue weighted by Gasteiger charge is -2.01. The van der Waals surface area contributed by atoms with E-state index in [4.69, 9.17) is 12.2 Å². The summed E-state index contributed by atoms with van der Waals surface area (Å²) < 4.78 is 0.703. The summed E-state index contributed by atoms with van der Waals surface area (Å²) in [5.74, 6) is 0.992. The first-order valence-corrected chi connectivity index (χ1v) is 4.76. The van der Waals surface area contributed by atoms with Crippen LogP contribution in [0, 0.1) is 4.64 Å². The van der Waals surface area contributed by atoms with E-state index in [1.54, 1.807) is 0 Å². The van der Waals surface area contributed by atoms with Gasteiger partial charge in [-0.1, -0.05) is 32.5 Å². The van der Waals surface area contributed by atoms with Crippen molar-refractivity contribution in [3.8, 4) is 0 Å². The zero-order chi connectivity index (χ0) is 8.97. The minimum absolute atomic E-state index is 0.703. The normalized spacial score (nSPS) is 10.2. The Morgan fingerprint density at radius 3 is 2.83 bits per heavy atom. The first-order valence-electron chi connectivity index (χ1n) is 4.35. The van der Waals surface area contributed by atoms with Gasteiger partial charge in [-0.2, -0.15) is 0 Å². The topological polar surface area (TPSA) is 28.7 Å². The monoisotopic (exact) mass is 182 g/mol. The van der Waals surface area contributed by atoms with Crippen molar-refractivity contribution in [3.63, 3.8) is 0 Å². The third kappa shape index (κ3) is 2.41. The minimum atomic E-state index is 0.703. The molecule has 0 saturated carbocycles. The van der Waals surface area contributed by atoms with Crippen LogP contribution in [0.4, 0.5) is 0 Å². The molecule has 66 valence electrons. The number of hydrogen-bond acceptors (Lipinski definition) is 2. The Labute approximate surface area is 78.1 Å². The highest BCUT2D eigenvalue weighted by molar-refractivity contribution is 7.71. The predicted molar refractivity (Wildman–Crippen MR) is 52.8 cm³/mol. The SMILES string of the molecule is CCCc1cc(=S)nc(CC)[nH]1. The zero-order valence-electron chi connectivity index (χ0n) is 7.55. The third-order valence-corrected chi connectivity index (χ3v) is 1.91. The highest BCUT2D eigenvalue weighted by atomic mass is 32.1. The second kappa shape index (κ2) is 4.36. The quantitative estimate of drug-likeness (QED) is 0.728. The summed E-state index contributed by atoms with van der Waals surface area (Å²) in [6, 6.07) is 1.94. The lowest BCUT2D eigenvalue weighted by atomic mass is 10.2. The Balaban J connectivity index is 2.98. The maximum atomic E-state index is 5.04. The van der Waals surface area contributed by atoms with Crippen molar-refractivity contribution in [2.75, 3.05) is 0 Å². The zero-order valence-corrected chi connectivity index (χ0v) is 8.37. The molecule has 0 bridgehead atoms. The molecule has 0 aliphatic rings. The summed E-state index contributed by atoms with van der Waals surface area (Å²) in [6.07, 6.45) is 3.11. The summed E-state index contributed by atoms with van der Waals surface area (Å²) in [5, 5.41) is 0. The van der Waals surface area contributed by atoms with Gasteiger partial charge in [0, 0.05) is 12.1 Å². The van der Waals surface area contributed by atoms with Gasteiger partial charge in [0.2, 0.25) is 0 Å². The van der Waals surface area contributed by atoms with Crippen LogP contribution in [0.3, 0.4) is 0 Å². The second-order valence-corrected chi connectivity index (χ2v) is 3.21. The van der Waals surface area contributed by atoms with Crippen LogP contribution >= 0.6 is 12.2 Å². The van der Waals surface area contributed by atoms with Crippen molar-refractivity contribution >= 4 is 12.2 Å². The van der Waals surface area contributed by atoms with Gasteiger partial charge in [0.25, 0.3) is 0 Å². The Hall–Kier alpha value is -0.700. The van der Waals surface area contributed by atoms with Crippen LogP contribution in [0.2, 0.25) is 0 Å². The van der Waals surface area contributed by atoms with Gasteiger partial charge < -0.3 is 4.98 Å².